The molecule has 1 aromatic heterocycles. The Balaban J connectivity index is 1.81. The number of nitrogens with zero attached hydrogens (tertiary/aromatic N) is 5. The van der Waals surface area contributed by atoms with Crippen molar-refractivity contribution in [3.05, 3.63) is 29.3 Å². The van der Waals surface area contributed by atoms with E-state index in [0.717, 1.165) is 37.6 Å². The summed E-state index contributed by atoms with van der Waals surface area (Å²) in [5.41, 5.74) is 0.872. The van der Waals surface area contributed by atoms with Crippen LogP contribution in [0.2, 0.25) is 5.02 Å². The summed E-state index contributed by atoms with van der Waals surface area (Å²) in [7, 11) is 0. The fourth-order valence-corrected chi connectivity index (χ4v) is 3.72. The Labute approximate surface area is 161 Å². The van der Waals surface area contributed by atoms with Crippen LogP contribution in [0.1, 0.15) is 19.3 Å². The quantitative estimate of drug-likeness (QED) is 0.577. The first-order valence-corrected chi connectivity index (χ1v) is 9.78. The Hall–Kier alpha value is -2.24. The molecule has 0 unspecified atom stereocenters. The molecule has 2 heterocycles. The molecule has 0 saturated carbocycles. The fourth-order valence-electron chi connectivity index (χ4n) is 2.76. The zero-order chi connectivity index (χ0) is 18.4. The highest BCUT2D eigenvalue weighted by molar-refractivity contribution is 7.99. The second-order valence-electron chi connectivity index (χ2n) is 5.84. The predicted octanol–water partition coefficient (Wildman–Crippen LogP) is 2.64. The first-order valence-electron chi connectivity index (χ1n) is 8.42. The van der Waals surface area contributed by atoms with Gasteiger partial charge in [-0.05, 0) is 31.0 Å². The summed E-state index contributed by atoms with van der Waals surface area (Å²) in [5.74, 6) is 0.857. The molecule has 0 bridgehead atoms. The molecular formula is C17H19ClN6OS. The highest BCUT2D eigenvalue weighted by atomic mass is 35.5. The molecule has 3 rings (SSSR count). The number of benzene rings is 1. The van der Waals surface area contributed by atoms with Crippen molar-refractivity contribution in [1.82, 2.24) is 20.1 Å². The van der Waals surface area contributed by atoms with Crippen LogP contribution in [0.15, 0.2) is 29.4 Å². The number of carbonyl (C=O) groups excluding carboxylic acids is 1. The molecule has 1 aliphatic rings. The molecule has 0 aliphatic carbocycles. The minimum Gasteiger partial charge on any atom is -0.354 e. The lowest BCUT2D eigenvalue weighted by atomic mass is 10.3. The Morgan fingerprint density at radius 1 is 1.35 bits per heavy atom. The van der Waals surface area contributed by atoms with Crippen molar-refractivity contribution < 1.29 is 4.79 Å². The Bertz CT molecular complexity index is 812. The highest BCUT2D eigenvalue weighted by Gasteiger charge is 2.23. The normalized spacial score (nSPS) is 13.6. The van der Waals surface area contributed by atoms with Crippen molar-refractivity contribution >= 4 is 35.2 Å². The standard InChI is InChI=1S/C17H19ClN6OS/c18-13-5-3-6-14(11-13)24-16(23-9-1-2-10-23)21-22-17(24)26-12-15(25)20-8-4-7-19/h3,5-6,11H,1-2,4,8-10,12H2,(H,20,25). The molecular weight excluding hydrogens is 372 g/mol. The number of nitrogens with one attached hydrogen (secondary N) is 1. The number of hydrogen-bond acceptors (Lipinski definition) is 6. The smallest absolute Gasteiger partial charge is 0.232 e. The van der Waals surface area contributed by atoms with E-state index in [1.54, 1.807) is 0 Å². The third-order valence-electron chi connectivity index (χ3n) is 3.96. The van der Waals surface area contributed by atoms with Gasteiger partial charge in [0.05, 0.1) is 23.9 Å². The summed E-state index contributed by atoms with van der Waals surface area (Å²) < 4.78 is 1.95. The van der Waals surface area contributed by atoms with Gasteiger partial charge in [-0.1, -0.05) is 29.4 Å². The minimum atomic E-state index is -0.131. The van der Waals surface area contributed by atoms with Gasteiger partial charge in [0.25, 0.3) is 0 Å². The van der Waals surface area contributed by atoms with Crippen molar-refractivity contribution in [2.45, 2.75) is 24.4 Å². The summed E-state index contributed by atoms with van der Waals surface area (Å²) in [6.07, 6.45) is 2.56. The van der Waals surface area contributed by atoms with E-state index >= 15 is 0 Å². The Morgan fingerprint density at radius 2 is 2.15 bits per heavy atom. The number of nitriles is 1. The molecule has 0 radical (unpaired) electrons. The summed E-state index contributed by atoms with van der Waals surface area (Å²) in [6.45, 7) is 2.24. The average Bonchev–Trinajstić information content (AvgIpc) is 3.29. The molecule has 2 aromatic rings. The number of amides is 1. The van der Waals surface area contributed by atoms with Gasteiger partial charge in [0.15, 0.2) is 5.16 Å². The van der Waals surface area contributed by atoms with Gasteiger partial charge in [0.1, 0.15) is 0 Å². The van der Waals surface area contributed by atoms with Crippen LogP contribution in [-0.2, 0) is 4.79 Å². The molecule has 0 atom stereocenters. The topological polar surface area (TPSA) is 86.8 Å². The van der Waals surface area contributed by atoms with E-state index in [-0.39, 0.29) is 11.7 Å². The molecule has 7 nitrogen and oxygen atoms in total. The van der Waals surface area contributed by atoms with E-state index in [9.17, 15) is 4.79 Å². The first kappa shape index (κ1) is 18.5. The largest absolute Gasteiger partial charge is 0.354 e. The predicted molar refractivity (Wildman–Crippen MR) is 102 cm³/mol. The van der Waals surface area contributed by atoms with Crippen LogP contribution in [0.3, 0.4) is 0 Å². The van der Waals surface area contributed by atoms with Gasteiger partial charge in [-0.2, -0.15) is 5.26 Å². The molecule has 1 amide bonds. The van der Waals surface area contributed by atoms with Crippen LogP contribution < -0.4 is 10.2 Å². The van der Waals surface area contributed by atoms with Crippen LogP contribution in [0.25, 0.3) is 5.69 Å². The van der Waals surface area contributed by atoms with E-state index in [1.165, 1.54) is 11.8 Å². The molecule has 1 aromatic carbocycles. The maximum atomic E-state index is 11.9. The number of thioether (sulfide) groups is 1. The van der Waals surface area contributed by atoms with Gasteiger partial charge < -0.3 is 10.2 Å². The highest BCUT2D eigenvalue weighted by Crippen LogP contribution is 2.29. The number of carbonyl (C=O) groups is 1. The van der Waals surface area contributed by atoms with Crippen molar-refractivity contribution in [2.24, 2.45) is 0 Å². The molecule has 1 fully saturated rings. The van der Waals surface area contributed by atoms with Crippen molar-refractivity contribution in [3.8, 4) is 11.8 Å². The van der Waals surface area contributed by atoms with E-state index in [2.05, 4.69) is 20.4 Å². The van der Waals surface area contributed by atoms with Gasteiger partial charge in [0.2, 0.25) is 11.9 Å². The third-order valence-corrected chi connectivity index (χ3v) is 5.13. The van der Waals surface area contributed by atoms with E-state index in [1.807, 2.05) is 34.9 Å². The van der Waals surface area contributed by atoms with Gasteiger partial charge in [-0.25, -0.2) is 0 Å². The lowest BCUT2D eigenvalue weighted by Gasteiger charge is -2.18. The zero-order valence-corrected chi connectivity index (χ0v) is 15.8. The lowest BCUT2D eigenvalue weighted by Crippen LogP contribution is -2.26. The van der Waals surface area contributed by atoms with Gasteiger partial charge in [0, 0.05) is 24.7 Å². The van der Waals surface area contributed by atoms with Crippen LogP contribution in [0.4, 0.5) is 5.95 Å². The second kappa shape index (κ2) is 8.92. The molecule has 9 heteroatoms. The average molecular weight is 391 g/mol. The fraction of sp³-hybridized carbons (Fsp3) is 0.412. The number of anilines is 1. The van der Waals surface area contributed by atoms with E-state index < -0.39 is 0 Å². The van der Waals surface area contributed by atoms with Crippen LogP contribution in [0.5, 0.6) is 0 Å². The first-order chi connectivity index (χ1) is 12.7. The summed E-state index contributed by atoms with van der Waals surface area (Å²) in [4.78, 5) is 14.1. The number of hydrogen-bond donors (Lipinski definition) is 1. The number of halogens is 1. The van der Waals surface area contributed by atoms with E-state index in [0.29, 0.717) is 23.1 Å². The van der Waals surface area contributed by atoms with Crippen molar-refractivity contribution in [3.63, 3.8) is 0 Å². The van der Waals surface area contributed by atoms with Crippen molar-refractivity contribution in [1.29, 1.82) is 5.26 Å². The van der Waals surface area contributed by atoms with Crippen LogP contribution in [0, 0.1) is 11.3 Å². The molecule has 1 N–H and O–H groups in total. The molecule has 1 aliphatic heterocycles. The SMILES string of the molecule is N#CCCNC(=O)CSc1nnc(N2CCCC2)n1-c1cccc(Cl)c1. The van der Waals surface area contributed by atoms with Crippen molar-refractivity contribution in [2.75, 3.05) is 30.3 Å². The maximum Gasteiger partial charge on any atom is 0.232 e. The monoisotopic (exact) mass is 390 g/mol. The van der Waals surface area contributed by atoms with Crippen LogP contribution >= 0.6 is 23.4 Å². The Morgan fingerprint density at radius 3 is 2.88 bits per heavy atom. The zero-order valence-electron chi connectivity index (χ0n) is 14.2. The Kier molecular flexibility index (Phi) is 6.36. The minimum absolute atomic E-state index is 0.131. The molecule has 26 heavy (non-hydrogen) atoms. The molecule has 0 spiro atoms. The summed E-state index contributed by atoms with van der Waals surface area (Å²) in [5, 5.41) is 21.2. The van der Waals surface area contributed by atoms with E-state index in [4.69, 9.17) is 16.9 Å². The summed E-state index contributed by atoms with van der Waals surface area (Å²) >= 11 is 7.48. The number of aromatic nitrogens is 3. The van der Waals surface area contributed by atoms with Gasteiger partial charge in [-0.3, -0.25) is 9.36 Å². The molecule has 136 valence electrons. The second-order valence-corrected chi connectivity index (χ2v) is 7.22. The third kappa shape index (κ3) is 4.48. The molecule has 1 saturated heterocycles. The lowest BCUT2D eigenvalue weighted by molar-refractivity contribution is -0.118. The van der Waals surface area contributed by atoms with Gasteiger partial charge in [-0.15, -0.1) is 10.2 Å². The maximum absolute atomic E-state index is 11.9. The summed E-state index contributed by atoms with van der Waals surface area (Å²) in [6, 6.07) is 9.52. The number of rotatable bonds is 7. The van der Waals surface area contributed by atoms with Crippen LogP contribution in [-0.4, -0.2) is 46.1 Å². The van der Waals surface area contributed by atoms with Gasteiger partial charge >= 0.3 is 0 Å².